The van der Waals surface area contributed by atoms with E-state index in [1.54, 1.807) is 31.7 Å². The first-order chi connectivity index (χ1) is 16.8. The molecule has 192 valence electrons. The van der Waals surface area contributed by atoms with E-state index in [4.69, 9.17) is 21.1 Å². The predicted octanol–water partition coefficient (Wildman–Crippen LogP) is 3.89. The number of aromatic nitrogens is 4. The highest BCUT2D eigenvalue weighted by atomic mass is 35.5. The van der Waals surface area contributed by atoms with Crippen LogP contribution in [-0.2, 0) is 14.8 Å². The molecular weight excluding hydrogens is 522 g/mol. The molecule has 0 spiro atoms. The van der Waals surface area contributed by atoms with Crippen LogP contribution in [0.25, 0.3) is 22.3 Å². The van der Waals surface area contributed by atoms with Gasteiger partial charge in [-0.15, -0.1) is 0 Å². The van der Waals surface area contributed by atoms with Gasteiger partial charge in [-0.1, -0.05) is 20.6 Å². The number of nitrogens with zero attached hydrogens (tertiary/aromatic N) is 6. The average Bonchev–Trinajstić information content (AvgIpc) is 3.27. The van der Waals surface area contributed by atoms with Crippen LogP contribution >= 0.6 is 11.6 Å². The molecule has 3 aromatic rings. The Bertz CT molecular complexity index is 1420. The Morgan fingerprint density at radius 2 is 1.97 bits per heavy atom. The molecule has 0 bridgehead atoms. The summed E-state index contributed by atoms with van der Waals surface area (Å²) in [5.41, 5.74) is 0.381. The Morgan fingerprint density at radius 3 is 2.67 bits per heavy atom. The first kappa shape index (κ1) is 25.9. The third-order valence-electron chi connectivity index (χ3n) is 5.09. The molecule has 0 aromatic carbocycles. The van der Waals surface area contributed by atoms with Crippen molar-refractivity contribution in [3.63, 3.8) is 0 Å². The van der Waals surface area contributed by atoms with Crippen LogP contribution in [0.2, 0.25) is 5.15 Å². The summed E-state index contributed by atoms with van der Waals surface area (Å²) in [5.74, 6) is 0.145. The summed E-state index contributed by atoms with van der Waals surface area (Å²) in [5, 5.41) is -0.608. The lowest BCUT2D eigenvalue weighted by Crippen LogP contribution is -2.36. The number of likely N-dealkylation sites (tertiary alicyclic amines) is 1. The summed E-state index contributed by atoms with van der Waals surface area (Å²) in [6, 6.07) is 4.06. The van der Waals surface area contributed by atoms with Gasteiger partial charge in [0, 0.05) is 24.7 Å². The summed E-state index contributed by atoms with van der Waals surface area (Å²) in [6.45, 7) is 6.07. The molecule has 3 aromatic heterocycles. The fourth-order valence-electron chi connectivity index (χ4n) is 3.46. The van der Waals surface area contributed by atoms with E-state index in [1.165, 1.54) is 18.6 Å². The molecule has 1 atom stereocenters. The summed E-state index contributed by atoms with van der Waals surface area (Å²) in [6.07, 6.45) is 2.22. The fourth-order valence-corrected chi connectivity index (χ4v) is 4.55. The largest absolute Gasteiger partial charge is 0.471 e. The average molecular weight is 543 g/mol. The Labute approximate surface area is 210 Å². The normalized spacial score (nSPS) is 16.5. The van der Waals surface area contributed by atoms with Crippen molar-refractivity contribution >= 4 is 38.8 Å². The Hall–Kier alpha value is -3.23. The molecule has 1 fully saturated rings. The van der Waals surface area contributed by atoms with Gasteiger partial charge in [0.25, 0.3) is 10.0 Å². The van der Waals surface area contributed by atoms with Gasteiger partial charge in [0.05, 0.1) is 17.8 Å². The van der Waals surface area contributed by atoms with E-state index >= 15 is 0 Å². The smallest absolute Gasteiger partial charge is 0.410 e. The quantitative estimate of drug-likeness (QED) is 0.348. The second kappa shape index (κ2) is 9.67. The minimum atomic E-state index is -5.14. The van der Waals surface area contributed by atoms with E-state index in [1.807, 2.05) is 0 Å². The molecule has 36 heavy (non-hydrogen) atoms. The van der Waals surface area contributed by atoms with Gasteiger partial charge in [0.1, 0.15) is 32.8 Å². The van der Waals surface area contributed by atoms with E-state index in [0.717, 1.165) is 6.07 Å². The summed E-state index contributed by atoms with van der Waals surface area (Å²) >= 11 is 5.75. The first-order valence-electron chi connectivity index (χ1n) is 10.6. The highest BCUT2D eigenvalue weighted by Crippen LogP contribution is 2.30. The van der Waals surface area contributed by atoms with Crippen LogP contribution in [0.5, 0.6) is 5.88 Å². The van der Waals surface area contributed by atoms with Crippen molar-refractivity contribution in [3.8, 4) is 17.1 Å². The van der Waals surface area contributed by atoms with Crippen molar-refractivity contribution in [2.45, 2.75) is 43.8 Å². The number of hydrogen-bond acceptors (Lipinski definition) is 9. The molecular formula is C21H21ClF2N6O5S. The van der Waals surface area contributed by atoms with Crippen LogP contribution in [0.4, 0.5) is 13.8 Å². The first-order valence-corrected chi connectivity index (χ1v) is 12.5. The van der Waals surface area contributed by atoms with E-state index in [9.17, 15) is 22.2 Å². The SMILES string of the molecule is CC(C)(C)OC(=O)N1CC[C@H](Oc2ncnc3ccc(-c4cnc(Cl)c(S(=O)(=O)N(F)F)c4)nc23)C1. The molecule has 0 saturated carbocycles. The van der Waals surface area contributed by atoms with Gasteiger partial charge < -0.3 is 14.4 Å². The van der Waals surface area contributed by atoms with E-state index < -0.39 is 36.5 Å². The van der Waals surface area contributed by atoms with Gasteiger partial charge in [-0.3, -0.25) is 0 Å². The predicted molar refractivity (Wildman–Crippen MR) is 124 cm³/mol. The number of fused-ring (bicyclic) bond motifs is 1. The van der Waals surface area contributed by atoms with Crippen molar-refractivity contribution in [1.29, 1.82) is 0 Å². The lowest BCUT2D eigenvalue weighted by Gasteiger charge is -2.24. The zero-order chi connectivity index (χ0) is 26.3. The molecule has 1 aliphatic rings. The maximum atomic E-state index is 12.9. The number of sulfonamides is 1. The maximum absolute atomic E-state index is 12.9. The van der Waals surface area contributed by atoms with Gasteiger partial charge in [-0.25, -0.2) is 28.2 Å². The van der Waals surface area contributed by atoms with Crippen molar-refractivity contribution in [3.05, 3.63) is 35.9 Å². The minimum Gasteiger partial charge on any atom is -0.471 e. The molecule has 0 N–H and O–H groups in total. The Balaban J connectivity index is 1.62. The fraction of sp³-hybridized carbons (Fsp3) is 0.381. The number of pyridine rings is 2. The van der Waals surface area contributed by atoms with Gasteiger partial charge >= 0.3 is 6.09 Å². The second-order valence-corrected chi connectivity index (χ2v) is 10.9. The third kappa shape index (κ3) is 5.44. The molecule has 1 amide bonds. The standard InChI is InChI=1S/C21H21ClF2N6O5S/c1-21(2,3)35-20(31)29-7-6-13(10-29)34-19-17-15(26-11-27-19)5-4-14(28-17)12-8-16(18(22)25-9-12)36(32,33)30(23)24/h4-5,8-9,11,13H,6-7,10H2,1-3H3/t13-/m0/s1. The summed E-state index contributed by atoms with van der Waals surface area (Å²) in [7, 11) is -5.14. The third-order valence-corrected chi connectivity index (χ3v) is 6.73. The summed E-state index contributed by atoms with van der Waals surface area (Å²) < 4.78 is 59.1. The maximum Gasteiger partial charge on any atom is 0.410 e. The molecule has 1 aliphatic heterocycles. The van der Waals surface area contributed by atoms with E-state index in [-0.39, 0.29) is 35.3 Å². The van der Waals surface area contributed by atoms with Crippen molar-refractivity contribution in [1.82, 2.24) is 29.6 Å². The number of ether oxygens (including phenoxy) is 2. The zero-order valence-corrected chi connectivity index (χ0v) is 20.9. The molecule has 0 unspecified atom stereocenters. The lowest BCUT2D eigenvalue weighted by atomic mass is 10.2. The molecule has 0 aliphatic carbocycles. The number of amides is 1. The van der Waals surface area contributed by atoms with Gasteiger partial charge in [0.15, 0.2) is 5.52 Å². The van der Waals surface area contributed by atoms with Crippen LogP contribution in [0.1, 0.15) is 27.2 Å². The van der Waals surface area contributed by atoms with Crippen LogP contribution in [0, 0.1) is 0 Å². The lowest BCUT2D eigenvalue weighted by molar-refractivity contribution is -0.0538. The van der Waals surface area contributed by atoms with Gasteiger partial charge in [-0.2, -0.15) is 4.98 Å². The van der Waals surface area contributed by atoms with E-state index in [0.29, 0.717) is 18.5 Å². The monoisotopic (exact) mass is 542 g/mol. The van der Waals surface area contributed by atoms with Crippen LogP contribution in [0.3, 0.4) is 0 Å². The second-order valence-electron chi connectivity index (χ2n) is 8.89. The van der Waals surface area contributed by atoms with Crippen LogP contribution in [0.15, 0.2) is 35.6 Å². The molecule has 11 nitrogen and oxygen atoms in total. The molecule has 0 radical (unpaired) electrons. The minimum absolute atomic E-state index is 0.119. The summed E-state index contributed by atoms with van der Waals surface area (Å²) in [4.78, 5) is 29.5. The van der Waals surface area contributed by atoms with E-state index in [2.05, 4.69) is 19.9 Å². The number of hydrogen-bond donors (Lipinski definition) is 0. The Morgan fingerprint density at radius 1 is 1.22 bits per heavy atom. The molecule has 4 heterocycles. The van der Waals surface area contributed by atoms with Crippen molar-refractivity contribution in [2.24, 2.45) is 0 Å². The van der Waals surface area contributed by atoms with Gasteiger partial charge in [-0.05, 0) is 39.0 Å². The van der Waals surface area contributed by atoms with Crippen LogP contribution < -0.4 is 4.74 Å². The molecule has 1 saturated heterocycles. The number of carbonyl (C=O) groups excluding carboxylic acids is 1. The molecule has 4 rings (SSSR count). The highest BCUT2D eigenvalue weighted by molar-refractivity contribution is 7.89. The van der Waals surface area contributed by atoms with Gasteiger partial charge in [0.2, 0.25) is 5.88 Å². The molecule has 15 heteroatoms. The number of halogens is 3. The number of rotatable bonds is 5. The zero-order valence-electron chi connectivity index (χ0n) is 19.4. The van der Waals surface area contributed by atoms with Crippen molar-refractivity contribution < 1.29 is 31.6 Å². The topological polar surface area (TPSA) is 128 Å². The van der Waals surface area contributed by atoms with Crippen LogP contribution in [-0.4, -0.2) is 68.9 Å². The number of carbonyl (C=O) groups is 1. The highest BCUT2D eigenvalue weighted by Gasteiger charge is 2.32. The van der Waals surface area contributed by atoms with Crippen molar-refractivity contribution in [2.75, 3.05) is 13.1 Å². The Kier molecular flexibility index (Phi) is 6.94.